The van der Waals surface area contributed by atoms with Crippen molar-refractivity contribution in [2.75, 3.05) is 10.6 Å². The summed E-state index contributed by atoms with van der Waals surface area (Å²) >= 11 is 5.86. The Morgan fingerprint density at radius 1 is 0.964 bits per heavy atom. The molecule has 2 aromatic carbocycles. The molecule has 0 atom stereocenters. The van der Waals surface area contributed by atoms with E-state index in [1.165, 1.54) is 6.92 Å². The van der Waals surface area contributed by atoms with Gasteiger partial charge in [-0.2, -0.15) is 0 Å². The standard InChI is InChI=1S/C21H19ClN4O2/c1-14(27)25-17-3-2-4-18(11-17)26-19-9-10-23-20(12-19)21(28)24-13-15-5-7-16(22)8-6-15/h2-12H,13H2,1H3,(H,23,26)(H,24,28)(H,25,27). The van der Waals surface area contributed by atoms with Crippen LogP contribution in [0.5, 0.6) is 0 Å². The molecule has 0 fully saturated rings. The number of carbonyl (C=O) groups is 2. The molecule has 3 N–H and O–H groups in total. The molecule has 1 aromatic heterocycles. The zero-order valence-electron chi connectivity index (χ0n) is 15.2. The van der Waals surface area contributed by atoms with E-state index in [2.05, 4.69) is 20.9 Å². The van der Waals surface area contributed by atoms with Gasteiger partial charge in [0.25, 0.3) is 5.91 Å². The summed E-state index contributed by atoms with van der Waals surface area (Å²) in [5, 5.41) is 9.43. The molecule has 6 nitrogen and oxygen atoms in total. The number of carbonyl (C=O) groups excluding carboxylic acids is 2. The number of benzene rings is 2. The topological polar surface area (TPSA) is 83.1 Å². The quantitative estimate of drug-likeness (QED) is 0.579. The fraction of sp³-hybridized carbons (Fsp3) is 0.0952. The molecule has 0 aliphatic carbocycles. The van der Waals surface area contributed by atoms with E-state index in [9.17, 15) is 9.59 Å². The van der Waals surface area contributed by atoms with E-state index in [1.807, 2.05) is 30.3 Å². The first-order valence-corrected chi connectivity index (χ1v) is 9.01. The van der Waals surface area contributed by atoms with E-state index < -0.39 is 0 Å². The first kappa shape index (κ1) is 19.4. The normalized spacial score (nSPS) is 10.2. The monoisotopic (exact) mass is 394 g/mol. The van der Waals surface area contributed by atoms with Crippen LogP contribution in [0.2, 0.25) is 5.02 Å². The largest absolute Gasteiger partial charge is 0.355 e. The van der Waals surface area contributed by atoms with Crippen molar-refractivity contribution in [3.63, 3.8) is 0 Å². The highest BCUT2D eigenvalue weighted by molar-refractivity contribution is 6.30. The highest BCUT2D eigenvalue weighted by Crippen LogP contribution is 2.20. The van der Waals surface area contributed by atoms with E-state index in [4.69, 9.17) is 11.6 Å². The average Bonchev–Trinajstić information content (AvgIpc) is 2.67. The van der Waals surface area contributed by atoms with Gasteiger partial charge in [0.2, 0.25) is 5.91 Å². The van der Waals surface area contributed by atoms with E-state index >= 15 is 0 Å². The number of halogens is 1. The molecule has 3 aromatic rings. The molecule has 7 heteroatoms. The number of nitrogens with one attached hydrogen (secondary N) is 3. The molecule has 3 rings (SSSR count). The Labute approximate surface area is 168 Å². The van der Waals surface area contributed by atoms with E-state index in [0.717, 1.165) is 11.3 Å². The van der Waals surface area contributed by atoms with Crippen molar-refractivity contribution in [2.45, 2.75) is 13.5 Å². The van der Waals surface area contributed by atoms with Crippen LogP contribution in [-0.2, 0) is 11.3 Å². The number of aromatic nitrogens is 1. The number of hydrogen-bond acceptors (Lipinski definition) is 4. The molecule has 0 bridgehead atoms. The summed E-state index contributed by atoms with van der Waals surface area (Å²) in [6.07, 6.45) is 1.57. The Bertz CT molecular complexity index is 990. The number of rotatable bonds is 6. The highest BCUT2D eigenvalue weighted by Gasteiger charge is 2.08. The molecule has 2 amide bonds. The lowest BCUT2D eigenvalue weighted by atomic mass is 10.2. The third-order valence-electron chi connectivity index (χ3n) is 3.83. The zero-order chi connectivity index (χ0) is 19.9. The van der Waals surface area contributed by atoms with Gasteiger partial charge in [-0.05, 0) is 48.0 Å². The Morgan fingerprint density at radius 3 is 2.43 bits per heavy atom. The average molecular weight is 395 g/mol. The van der Waals surface area contributed by atoms with Crippen LogP contribution in [-0.4, -0.2) is 16.8 Å². The molecule has 1 heterocycles. The molecule has 142 valence electrons. The highest BCUT2D eigenvalue weighted by atomic mass is 35.5. The maximum absolute atomic E-state index is 12.4. The summed E-state index contributed by atoms with van der Waals surface area (Å²) in [7, 11) is 0. The van der Waals surface area contributed by atoms with Crippen molar-refractivity contribution in [3.05, 3.63) is 83.1 Å². The molecule has 0 aliphatic heterocycles. The first-order valence-electron chi connectivity index (χ1n) is 8.63. The summed E-state index contributed by atoms with van der Waals surface area (Å²) in [6.45, 7) is 1.84. The van der Waals surface area contributed by atoms with E-state index in [1.54, 1.807) is 36.5 Å². The van der Waals surface area contributed by atoms with Crippen molar-refractivity contribution in [3.8, 4) is 0 Å². The molecule has 0 saturated heterocycles. The lowest BCUT2D eigenvalue weighted by molar-refractivity contribution is -0.114. The van der Waals surface area contributed by atoms with Gasteiger partial charge in [-0.25, -0.2) is 0 Å². The molecule has 0 spiro atoms. The number of amides is 2. The number of hydrogen-bond donors (Lipinski definition) is 3. The molecule has 0 aliphatic rings. The fourth-order valence-electron chi connectivity index (χ4n) is 2.55. The summed E-state index contributed by atoms with van der Waals surface area (Å²) in [5.74, 6) is -0.411. The van der Waals surface area contributed by atoms with Gasteiger partial charge in [-0.1, -0.05) is 29.8 Å². The fourth-order valence-corrected chi connectivity index (χ4v) is 2.68. The second-order valence-electron chi connectivity index (χ2n) is 6.13. The van der Waals surface area contributed by atoms with Gasteiger partial charge in [0.05, 0.1) is 0 Å². The van der Waals surface area contributed by atoms with Crippen molar-refractivity contribution in [2.24, 2.45) is 0 Å². The second-order valence-corrected chi connectivity index (χ2v) is 6.56. The predicted octanol–water partition coefficient (Wildman–Crippen LogP) is 4.37. The van der Waals surface area contributed by atoms with Gasteiger partial charge in [-0.3, -0.25) is 14.6 Å². The summed E-state index contributed by atoms with van der Waals surface area (Å²) < 4.78 is 0. The SMILES string of the molecule is CC(=O)Nc1cccc(Nc2ccnc(C(=O)NCc3ccc(Cl)cc3)c2)c1. The molecular formula is C21H19ClN4O2. The summed E-state index contributed by atoms with van der Waals surface area (Å²) in [4.78, 5) is 27.7. The van der Waals surface area contributed by atoms with Crippen LogP contribution in [0.3, 0.4) is 0 Å². The van der Waals surface area contributed by atoms with Crippen LogP contribution in [0, 0.1) is 0 Å². The van der Waals surface area contributed by atoms with Crippen molar-refractivity contribution in [1.29, 1.82) is 0 Å². The summed E-state index contributed by atoms with van der Waals surface area (Å²) in [5.41, 5.74) is 3.43. The molecule has 28 heavy (non-hydrogen) atoms. The zero-order valence-corrected chi connectivity index (χ0v) is 16.0. The van der Waals surface area contributed by atoms with Crippen LogP contribution in [0.1, 0.15) is 23.0 Å². The molecule has 0 saturated carbocycles. The molecular weight excluding hydrogens is 376 g/mol. The van der Waals surface area contributed by atoms with Gasteiger partial charge in [0.1, 0.15) is 5.69 Å². The maximum atomic E-state index is 12.4. The number of nitrogens with zero attached hydrogens (tertiary/aromatic N) is 1. The van der Waals surface area contributed by atoms with Crippen LogP contribution in [0.25, 0.3) is 0 Å². The van der Waals surface area contributed by atoms with Crippen LogP contribution in [0.4, 0.5) is 17.1 Å². The lowest BCUT2D eigenvalue weighted by Gasteiger charge is -2.10. The second kappa shape index (κ2) is 9.01. The van der Waals surface area contributed by atoms with E-state index in [-0.39, 0.29) is 11.8 Å². The van der Waals surface area contributed by atoms with Crippen molar-refractivity contribution in [1.82, 2.24) is 10.3 Å². The molecule has 0 radical (unpaired) electrons. The van der Waals surface area contributed by atoms with Gasteiger partial charge < -0.3 is 16.0 Å². The minimum Gasteiger partial charge on any atom is -0.355 e. The molecule has 0 unspecified atom stereocenters. The summed E-state index contributed by atoms with van der Waals surface area (Å²) in [6, 6.07) is 18.0. The van der Waals surface area contributed by atoms with Crippen molar-refractivity contribution >= 4 is 40.5 Å². The van der Waals surface area contributed by atoms with Gasteiger partial charge in [0, 0.05) is 41.8 Å². The number of anilines is 3. The van der Waals surface area contributed by atoms with Crippen molar-refractivity contribution < 1.29 is 9.59 Å². The van der Waals surface area contributed by atoms with Crippen LogP contribution in [0.15, 0.2) is 66.9 Å². The van der Waals surface area contributed by atoms with Gasteiger partial charge >= 0.3 is 0 Å². The Balaban J connectivity index is 1.65. The van der Waals surface area contributed by atoms with Crippen LogP contribution < -0.4 is 16.0 Å². The van der Waals surface area contributed by atoms with Crippen LogP contribution >= 0.6 is 11.6 Å². The predicted molar refractivity (Wildman–Crippen MR) is 111 cm³/mol. The smallest absolute Gasteiger partial charge is 0.270 e. The van der Waals surface area contributed by atoms with E-state index in [0.29, 0.717) is 28.6 Å². The minimum absolute atomic E-state index is 0.138. The maximum Gasteiger partial charge on any atom is 0.270 e. The first-order chi connectivity index (χ1) is 13.5. The minimum atomic E-state index is -0.273. The Kier molecular flexibility index (Phi) is 6.24. The Hall–Kier alpha value is -3.38. The van der Waals surface area contributed by atoms with Gasteiger partial charge in [0.15, 0.2) is 0 Å². The third kappa shape index (κ3) is 5.56. The van der Waals surface area contributed by atoms with Gasteiger partial charge in [-0.15, -0.1) is 0 Å². The lowest BCUT2D eigenvalue weighted by Crippen LogP contribution is -2.23. The third-order valence-corrected chi connectivity index (χ3v) is 4.08. The Morgan fingerprint density at radius 2 is 1.68 bits per heavy atom. The number of pyridine rings is 1.